The van der Waals surface area contributed by atoms with E-state index in [1.54, 1.807) is 22.0 Å². The zero-order chi connectivity index (χ0) is 12.8. The summed E-state index contributed by atoms with van der Waals surface area (Å²) < 4.78 is 1.67. The van der Waals surface area contributed by atoms with Gasteiger partial charge >= 0.3 is 0 Å². The summed E-state index contributed by atoms with van der Waals surface area (Å²) in [5, 5.41) is 6.19. The average Bonchev–Trinajstić information content (AvgIpc) is 3.07. The Balaban J connectivity index is 1.82. The molecule has 0 fully saturated rings. The summed E-state index contributed by atoms with van der Waals surface area (Å²) in [7, 11) is 0. The van der Waals surface area contributed by atoms with E-state index in [9.17, 15) is 4.79 Å². The highest BCUT2D eigenvalue weighted by molar-refractivity contribution is 7.10. The molecular weight excluding hydrogens is 258 g/mol. The second kappa shape index (κ2) is 3.99. The van der Waals surface area contributed by atoms with E-state index in [1.807, 2.05) is 18.3 Å². The summed E-state index contributed by atoms with van der Waals surface area (Å²) in [6.07, 6.45) is 4.92. The molecule has 5 heteroatoms. The molecule has 0 amide bonds. The summed E-state index contributed by atoms with van der Waals surface area (Å²) in [5.41, 5.74) is 2.44. The SMILES string of the molecule is O=C1CC(c2cccs2)Cc2nc3ccnn3cc21. The van der Waals surface area contributed by atoms with E-state index >= 15 is 0 Å². The van der Waals surface area contributed by atoms with Gasteiger partial charge in [-0.15, -0.1) is 11.3 Å². The Morgan fingerprint density at radius 3 is 3.11 bits per heavy atom. The van der Waals surface area contributed by atoms with Crippen LogP contribution in [0.15, 0.2) is 36.0 Å². The minimum absolute atomic E-state index is 0.171. The molecule has 19 heavy (non-hydrogen) atoms. The summed E-state index contributed by atoms with van der Waals surface area (Å²) in [5.74, 6) is 0.447. The standard InChI is InChI=1S/C14H11N3OS/c18-12-7-9(13-2-1-5-19-13)6-11-10(12)8-17-14(16-11)3-4-15-17/h1-5,8-9H,6-7H2. The molecule has 0 saturated heterocycles. The molecule has 4 rings (SSSR count). The van der Waals surface area contributed by atoms with E-state index in [1.165, 1.54) is 4.88 Å². The van der Waals surface area contributed by atoms with E-state index in [2.05, 4.69) is 21.5 Å². The number of carbonyl (C=O) groups excluding carboxylic acids is 1. The van der Waals surface area contributed by atoms with Crippen molar-refractivity contribution in [2.75, 3.05) is 0 Å². The van der Waals surface area contributed by atoms with Crippen LogP contribution >= 0.6 is 11.3 Å². The third-order valence-electron chi connectivity index (χ3n) is 3.58. The van der Waals surface area contributed by atoms with Crippen LogP contribution in [0.2, 0.25) is 0 Å². The average molecular weight is 269 g/mol. The van der Waals surface area contributed by atoms with Gasteiger partial charge in [-0.05, 0) is 17.9 Å². The molecule has 0 saturated carbocycles. The van der Waals surface area contributed by atoms with Crippen molar-refractivity contribution in [3.05, 3.63) is 52.1 Å². The lowest BCUT2D eigenvalue weighted by atomic mass is 9.85. The van der Waals surface area contributed by atoms with Gasteiger partial charge < -0.3 is 0 Å². The van der Waals surface area contributed by atoms with Crippen molar-refractivity contribution >= 4 is 22.8 Å². The minimum Gasteiger partial charge on any atom is -0.294 e. The van der Waals surface area contributed by atoms with Gasteiger partial charge in [0.15, 0.2) is 11.4 Å². The van der Waals surface area contributed by atoms with Crippen molar-refractivity contribution in [1.82, 2.24) is 14.6 Å². The van der Waals surface area contributed by atoms with Crippen LogP contribution in [0.4, 0.5) is 0 Å². The van der Waals surface area contributed by atoms with Gasteiger partial charge in [0.1, 0.15) is 0 Å². The molecular formula is C14H11N3OS. The van der Waals surface area contributed by atoms with E-state index in [0.29, 0.717) is 6.42 Å². The number of hydrogen-bond donors (Lipinski definition) is 0. The van der Waals surface area contributed by atoms with Crippen LogP contribution in [0.5, 0.6) is 0 Å². The molecule has 3 aromatic heterocycles. The third kappa shape index (κ3) is 1.69. The molecule has 1 atom stereocenters. The van der Waals surface area contributed by atoms with E-state index in [4.69, 9.17) is 0 Å². The lowest BCUT2D eigenvalue weighted by Crippen LogP contribution is -2.20. The Morgan fingerprint density at radius 1 is 1.32 bits per heavy atom. The van der Waals surface area contributed by atoms with Crippen molar-refractivity contribution in [2.24, 2.45) is 0 Å². The normalized spacial score (nSPS) is 18.7. The molecule has 1 aliphatic carbocycles. The Hall–Kier alpha value is -2.01. The first-order valence-electron chi connectivity index (χ1n) is 6.21. The van der Waals surface area contributed by atoms with Crippen molar-refractivity contribution in [1.29, 1.82) is 0 Å². The van der Waals surface area contributed by atoms with Crippen LogP contribution in [-0.4, -0.2) is 20.4 Å². The predicted molar refractivity (Wildman–Crippen MR) is 72.7 cm³/mol. The number of rotatable bonds is 1. The van der Waals surface area contributed by atoms with Gasteiger partial charge in [-0.1, -0.05) is 6.07 Å². The second-order valence-corrected chi connectivity index (χ2v) is 5.76. The lowest BCUT2D eigenvalue weighted by molar-refractivity contribution is 0.0963. The minimum atomic E-state index is 0.171. The van der Waals surface area contributed by atoms with Gasteiger partial charge in [0.05, 0.1) is 17.5 Å². The molecule has 3 heterocycles. The van der Waals surface area contributed by atoms with E-state index < -0.39 is 0 Å². The Labute approximate surface area is 113 Å². The number of nitrogens with zero attached hydrogens (tertiary/aromatic N) is 3. The number of hydrogen-bond acceptors (Lipinski definition) is 4. The van der Waals surface area contributed by atoms with Crippen LogP contribution in [-0.2, 0) is 6.42 Å². The number of thiophene rings is 1. The fraction of sp³-hybridized carbons (Fsp3) is 0.214. The fourth-order valence-corrected chi connectivity index (χ4v) is 3.47. The van der Waals surface area contributed by atoms with E-state index in [-0.39, 0.29) is 11.7 Å². The number of ketones is 1. The molecule has 0 spiro atoms. The smallest absolute Gasteiger partial charge is 0.166 e. The molecule has 0 bridgehead atoms. The first-order valence-corrected chi connectivity index (χ1v) is 7.09. The molecule has 1 unspecified atom stereocenters. The molecule has 0 aromatic carbocycles. The highest BCUT2D eigenvalue weighted by Crippen LogP contribution is 2.34. The zero-order valence-corrected chi connectivity index (χ0v) is 10.9. The van der Waals surface area contributed by atoms with Crippen molar-refractivity contribution in [3.63, 3.8) is 0 Å². The Bertz CT molecular complexity index is 760. The summed E-state index contributed by atoms with van der Waals surface area (Å²) in [6, 6.07) is 6.00. The third-order valence-corrected chi connectivity index (χ3v) is 4.61. The molecule has 0 aliphatic heterocycles. The highest BCUT2D eigenvalue weighted by atomic mass is 32.1. The van der Waals surface area contributed by atoms with Crippen LogP contribution in [0.25, 0.3) is 5.65 Å². The largest absolute Gasteiger partial charge is 0.294 e. The van der Waals surface area contributed by atoms with Gasteiger partial charge in [0, 0.05) is 29.5 Å². The summed E-state index contributed by atoms with van der Waals surface area (Å²) >= 11 is 1.71. The number of fused-ring (bicyclic) bond motifs is 2. The monoisotopic (exact) mass is 269 g/mol. The molecule has 1 aliphatic rings. The van der Waals surface area contributed by atoms with E-state index in [0.717, 1.165) is 23.3 Å². The molecule has 94 valence electrons. The van der Waals surface area contributed by atoms with Gasteiger partial charge in [-0.25, -0.2) is 9.50 Å². The number of carbonyl (C=O) groups is 1. The predicted octanol–water partition coefficient (Wildman–Crippen LogP) is 2.70. The molecule has 3 aromatic rings. The number of aromatic nitrogens is 3. The summed E-state index contributed by atoms with van der Waals surface area (Å²) in [6.45, 7) is 0. The van der Waals surface area contributed by atoms with Gasteiger partial charge in [0.2, 0.25) is 0 Å². The quantitative estimate of drug-likeness (QED) is 0.682. The number of Topliss-reactive ketones (excluding diaryl/α,β-unsaturated/α-hetero) is 1. The van der Waals surface area contributed by atoms with Gasteiger partial charge in [0.25, 0.3) is 0 Å². The highest BCUT2D eigenvalue weighted by Gasteiger charge is 2.28. The maximum Gasteiger partial charge on any atom is 0.166 e. The van der Waals surface area contributed by atoms with Crippen molar-refractivity contribution in [3.8, 4) is 0 Å². The van der Waals surface area contributed by atoms with Crippen LogP contribution in [0, 0.1) is 0 Å². The van der Waals surface area contributed by atoms with Crippen LogP contribution in [0.3, 0.4) is 0 Å². The lowest BCUT2D eigenvalue weighted by Gasteiger charge is -2.21. The summed E-state index contributed by atoms with van der Waals surface area (Å²) in [4.78, 5) is 18.1. The van der Waals surface area contributed by atoms with Crippen molar-refractivity contribution in [2.45, 2.75) is 18.8 Å². The molecule has 0 N–H and O–H groups in total. The first kappa shape index (κ1) is 10.9. The maximum atomic E-state index is 12.3. The van der Waals surface area contributed by atoms with Crippen molar-refractivity contribution < 1.29 is 4.79 Å². The van der Waals surface area contributed by atoms with Crippen LogP contribution in [0.1, 0.15) is 33.3 Å². The first-order chi connectivity index (χ1) is 9.31. The molecule has 0 radical (unpaired) electrons. The Morgan fingerprint density at radius 2 is 2.26 bits per heavy atom. The molecule has 4 nitrogen and oxygen atoms in total. The topological polar surface area (TPSA) is 47.3 Å². The van der Waals surface area contributed by atoms with Gasteiger partial charge in [-0.3, -0.25) is 4.79 Å². The van der Waals surface area contributed by atoms with Gasteiger partial charge in [-0.2, -0.15) is 5.10 Å². The van der Waals surface area contributed by atoms with Crippen LogP contribution < -0.4 is 0 Å². The maximum absolute atomic E-state index is 12.3. The fourth-order valence-electron chi connectivity index (χ4n) is 2.64. The second-order valence-electron chi connectivity index (χ2n) is 4.78. The Kier molecular flexibility index (Phi) is 2.29. The zero-order valence-electron chi connectivity index (χ0n) is 10.1.